The number of rotatable bonds is 7. The Bertz CT molecular complexity index is 445. The minimum atomic E-state index is -3.26. The number of nitrogens with zero attached hydrogens (tertiary/aromatic N) is 1. The van der Waals surface area contributed by atoms with Gasteiger partial charge >= 0.3 is 6.09 Å². The predicted molar refractivity (Wildman–Crippen MR) is 78.0 cm³/mol. The van der Waals surface area contributed by atoms with E-state index in [0.717, 1.165) is 19.3 Å². The summed E-state index contributed by atoms with van der Waals surface area (Å²) in [6, 6.07) is 0. The Morgan fingerprint density at radius 3 is 2.70 bits per heavy atom. The highest BCUT2D eigenvalue weighted by Gasteiger charge is 2.17. The molecular weight excluding hydrogens is 280 g/mol. The third-order valence-corrected chi connectivity index (χ3v) is 4.66. The van der Waals surface area contributed by atoms with Crippen molar-refractivity contribution in [1.82, 2.24) is 9.62 Å². The zero-order chi connectivity index (χ0) is 15.0. The Hall–Kier alpha value is -1.08. The molecule has 6 nitrogen and oxygen atoms in total. The number of methoxy groups -OCH3 is 1. The van der Waals surface area contributed by atoms with Crippen LogP contribution < -0.4 is 5.32 Å². The molecule has 0 aliphatic heterocycles. The SMILES string of the molecule is COC(=O)NCCN(CCC1=CCCCC1)S(C)(=O)=O. The first-order valence-corrected chi connectivity index (χ1v) is 8.73. The van der Waals surface area contributed by atoms with E-state index in [1.807, 2.05) is 0 Å². The van der Waals surface area contributed by atoms with Gasteiger partial charge in [0.1, 0.15) is 0 Å². The van der Waals surface area contributed by atoms with Gasteiger partial charge in [0.15, 0.2) is 0 Å². The number of ether oxygens (including phenoxy) is 1. The lowest BCUT2D eigenvalue weighted by Crippen LogP contribution is -2.38. The molecule has 0 aromatic carbocycles. The number of alkyl carbamates (subject to hydrolysis) is 1. The quantitative estimate of drug-likeness (QED) is 0.723. The molecule has 0 heterocycles. The summed E-state index contributed by atoms with van der Waals surface area (Å²) in [4.78, 5) is 10.9. The second-order valence-electron chi connectivity index (χ2n) is 4.94. The zero-order valence-electron chi connectivity index (χ0n) is 12.2. The smallest absolute Gasteiger partial charge is 0.406 e. The number of hydrogen-bond donors (Lipinski definition) is 1. The van der Waals surface area contributed by atoms with Crippen LogP contribution in [0.5, 0.6) is 0 Å². The molecule has 116 valence electrons. The normalized spacial score (nSPS) is 15.8. The molecule has 1 aliphatic rings. The van der Waals surface area contributed by atoms with E-state index in [2.05, 4.69) is 16.1 Å². The first-order valence-electron chi connectivity index (χ1n) is 6.88. The van der Waals surface area contributed by atoms with Crippen molar-refractivity contribution in [2.45, 2.75) is 32.1 Å². The fourth-order valence-electron chi connectivity index (χ4n) is 2.20. The molecule has 1 aliphatic carbocycles. The van der Waals surface area contributed by atoms with Crippen LogP contribution in [0.3, 0.4) is 0 Å². The summed E-state index contributed by atoms with van der Waals surface area (Å²) in [5.41, 5.74) is 1.34. The van der Waals surface area contributed by atoms with E-state index in [1.54, 1.807) is 0 Å². The molecule has 0 aromatic rings. The van der Waals surface area contributed by atoms with Crippen molar-refractivity contribution in [2.24, 2.45) is 0 Å². The Balaban J connectivity index is 2.44. The molecule has 0 saturated heterocycles. The molecule has 7 heteroatoms. The number of carbonyl (C=O) groups excluding carboxylic acids is 1. The van der Waals surface area contributed by atoms with Crippen LogP contribution >= 0.6 is 0 Å². The molecule has 0 radical (unpaired) electrons. The Kier molecular flexibility index (Phi) is 7.01. The first kappa shape index (κ1) is 17.0. The zero-order valence-corrected chi connectivity index (χ0v) is 13.0. The molecule has 0 saturated carbocycles. The van der Waals surface area contributed by atoms with Crippen molar-refractivity contribution in [1.29, 1.82) is 0 Å². The molecule has 1 rings (SSSR count). The van der Waals surface area contributed by atoms with Gasteiger partial charge in [0.2, 0.25) is 10.0 Å². The van der Waals surface area contributed by atoms with Gasteiger partial charge in [-0.15, -0.1) is 0 Å². The largest absolute Gasteiger partial charge is 0.453 e. The van der Waals surface area contributed by atoms with Crippen LogP contribution in [0.1, 0.15) is 32.1 Å². The minimum absolute atomic E-state index is 0.249. The van der Waals surface area contributed by atoms with Crippen molar-refractivity contribution in [2.75, 3.05) is 33.0 Å². The van der Waals surface area contributed by atoms with Gasteiger partial charge in [-0.25, -0.2) is 17.5 Å². The summed E-state index contributed by atoms with van der Waals surface area (Å²) in [5, 5.41) is 2.49. The van der Waals surface area contributed by atoms with Gasteiger partial charge in [0.25, 0.3) is 0 Å². The van der Waals surface area contributed by atoms with Crippen molar-refractivity contribution in [3.05, 3.63) is 11.6 Å². The van der Waals surface area contributed by atoms with Gasteiger partial charge in [-0.3, -0.25) is 0 Å². The number of carbonyl (C=O) groups is 1. The molecule has 20 heavy (non-hydrogen) atoms. The number of allylic oxidation sites excluding steroid dienone is 1. The van der Waals surface area contributed by atoms with E-state index in [4.69, 9.17) is 0 Å². The highest BCUT2D eigenvalue weighted by Crippen LogP contribution is 2.20. The van der Waals surface area contributed by atoms with E-state index >= 15 is 0 Å². The fourth-order valence-corrected chi connectivity index (χ4v) is 3.04. The average molecular weight is 304 g/mol. The van der Waals surface area contributed by atoms with Crippen LogP contribution in [0.4, 0.5) is 4.79 Å². The van der Waals surface area contributed by atoms with Crippen molar-refractivity contribution >= 4 is 16.1 Å². The minimum Gasteiger partial charge on any atom is -0.453 e. The average Bonchev–Trinajstić information content (AvgIpc) is 2.42. The van der Waals surface area contributed by atoms with E-state index in [9.17, 15) is 13.2 Å². The summed E-state index contributed by atoms with van der Waals surface area (Å²) in [6.07, 6.45) is 8.21. The molecule has 0 bridgehead atoms. The molecular formula is C13H24N2O4S. The molecule has 0 aromatic heterocycles. The number of sulfonamides is 1. The molecule has 0 spiro atoms. The van der Waals surface area contributed by atoms with Gasteiger partial charge in [-0.2, -0.15) is 0 Å². The van der Waals surface area contributed by atoms with Crippen molar-refractivity contribution in [3.8, 4) is 0 Å². The van der Waals surface area contributed by atoms with Gasteiger partial charge in [0.05, 0.1) is 13.4 Å². The molecule has 0 atom stereocenters. The van der Waals surface area contributed by atoms with E-state index in [1.165, 1.54) is 36.1 Å². The first-order chi connectivity index (χ1) is 9.43. The number of hydrogen-bond acceptors (Lipinski definition) is 4. The second-order valence-corrected chi connectivity index (χ2v) is 6.92. The summed E-state index contributed by atoms with van der Waals surface area (Å²) in [5.74, 6) is 0. The lowest BCUT2D eigenvalue weighted by atomic mass is 9.97. The summed E-state index contributed by atoms with van der Waals surface area (Å²) < 4.78 is 29.3. The lowest BCUT2D eigenvalue weighted by Gasteiger charge is -2.21. The predicted octanol–water partition coefficient (Wildman–Crippen LogP) is 1.49. The van der Waals surface area contributed by atoms with Crippen molar-refractivity contribution < 1.29 is 17.9 Å². The van der Waals surface area contributed by atoms with Crippen LogP contribution in [0.15, 0.2) is 11.6 Å². The van der Waals surface area contributed by atoms with Crippen LogP contribution in [-0.4, -0.2) is 51.8 Å². The van der Waals surface area contributed by atoms with Gasteiger partial charge in [0, 0.05) is 19.6 Å². The van der Waals surface area contributed by atoms with Gasteiger partial charge in [-0.1, -0.05) is 11.6 Å². The van der Waals surface area contributed by atoms with Crippen LogP contribution in [0, 0.1) is 0 Å². The molecule has 0 fully saturated rings. The summed E-state index contributed by atoms with van der Waals surface area (Å²) >= 11 is 0. The maximum atomic E-state index is 11.7. The highest BCUT2D eigenvalue weighted by atomic mass is 32.2. The molecule has 1 N–H and O–H groups in total. The van der Waals surface area contributed by atoms with Crippen LogP contribution in [-0.2, 0) is 14.8 Å². The third-order valence-electron chi connectivity index (χ3n) is 3.35. The summed E-state index contributed by atoms with van der Waals surface area (Å²) in [7, 11) is -1.98. The number of amides is 1. The van der Waals surface area contributed by atoms with Gasteiger partial charge in [-0.05, 0) is 32.1 Å². The topological polar surface area (TPSA) is 75.7 Å². The molecule has 1 amide bonds. The van der Waals surface area contributed by atoms with Crippen LogP contribution in [0.25, 0.3) is 0 Å². The van der Waals surface area contributed by atoms with Crippen LogP contribution in [0.2, 0.25) is 0 Å². The highest BCUT2D eigenvalue weighted by molar-refractivity contribution is 7.88. The van der Waals surface area contributed by atoms with Crippen molar-refractivity contribution in [3.63, 3.8) is 0 Å². The van der Waals surface area contributed by atoms with Gasteiger partial charge < -0.3 is 10.1 Å². The maximum Gasteiger partial charge on any atom is 0.406 e. The van der Waals surface area contributed by atoms with E-state index in [-0.39, 0.29) is 13.1 Å². The van der Waals surface area contributed by atoms with E-state index in [0.29, 0.717) is 6.54 Å². The Morgan fingerprint density at radius 2 is 2.15 bits per heavy atom. The third kappa shape index (κ3) is 6.38. The second kappa shape index (κ2) is 8.26. The Labute approximate surface area is 121 Å². The maximum absolute atomic E-state index is 11.7. The monoisotopic (exact) mass is 304 g/mol. The number of nitrogens with one attached hydrogen (secondary N) is 1. The summed E-state index contributed by atoms with van der Waals surface area (Å²) in [6.45, 7) is 0.980. The standard InChI is InChI=1S/C13H24N2O4S/c1-19-13(16)14-9-11-15(20(2,17)18)10-8-12-6-4-3-5-7-12/h6H,3-5,7-11H2,1-2H3,(H,14,16). The Morgan fingerprint density at radius 1 is 1.40 bits per heavy atom. The van der Waals surface area contributed by atoms with E-state index < -0.39 is 16.1 Å². The lowest BCUT2D eigenvalue weighted by molar-refractivity contribution is 0.170. The molecule has 0 unspecified atom stereocenters. The fraction of sp³-hybridized carbons (Fsp3) is 0.769.